The zero-order valence-corrected chi connectivity index (χ0v) is 11.5. The Morgan fingerprint density at radius 2 is 1.90 bits per heavy atom. The molecular weight excluding hydrogens is 275 g/mol. The molecule has 0 radical (unpaired) electrons. The molecular formula is C14H17FN4O2. The number of anilines is 1. The normalized spacial score (nSPS) is 22.3. The number of rotatable bonds is 2. The molecule has 2 N–H and O–H groups in total. The van der Waals surface area contributed by atoms with Crippen LogP contribution in [0, 0.1) is 5.82 Å². The summed E-state index contributed by atoms with van der Waals surface area (Å²) >= 11 is 0. The van der Waals surface area contributed by atoms with Crippen LogP contribution in [-0.2, 0) is 9.59 Å². The number of carbonyl (C=O) groups excluding carboxylic acids is 2. The van der Waals surface area contributed by atoms with Crippen molar-refractivity contribution in [1.29, 1.82) is 0 Å². The highest BCUT2D eigenvalue weighted by molar-refractivity contribution is 5.91. The van der Waals surface area contributed by atoms with Gasteiger partial charge in [0.2, 0.25) is 11.8 Å². The van der Waals surface area contributed by atoms with Crippen LogP contribution in [0.2, 0.25) is 0 Å². The first-order chi connectivity index (χ1) is 10.1. The van der Waals surface area contributed by atoms with Gasteiger partial charge in [0.15, 0.2) is 0 Å². The van der Waals surface area contributed by atoms with Gasteiger partial charge in [-0.05, 0) is 12.1 Å². The minimum absolute atomic E-state index is 0.0819. The van der Waals surface area contributed by atoms with Crippen molar-refractivity contribution >= 4 is 17.5 Å². The van der Waals surface area contributed by atoms with Crippen LogP contribution in [0.3, 0.4) is 0 Å². The van der Waals surface area contributed by atoms with E-state index in [1.54, 1.807) is 23.1 Å². The molecule has 2 amide bonds. The highest BCUT2D eigenvalue weighted by atomic mass is 19.1. The number of piperazine rings is 1. The van der Waals surface area contributed by atoms with E-state index in [1.807, 2.05) is 4.90 Å². The lowest BCUT2D eigenvalue weighted by Gasteiger charge is -2.37. The van der Waals surface area contributed by atoms with Gasteiger partial charge in [-0.15, -0.1) is 0 Å². The van der Waals surface area contributed by atoms with Crippen molar-refractivity contribution in [1.82, 2.24) is 15.8 Å². The third-order valence-electron chi connectivity index (χ3n) is 3.86. The number of nitrogens with one attached hydrogen (secondary N) is 2. The van der Waals surface area contributed by atoms with Gasteiger partial charge in [0, 0.05) is 26.2 Å². The number of halogens is 1. The highest BCUT2D eigenvalue weighted by Gasteiger charge is 2.32. The average molecular weight is 292 g/mol. The Bertz CT molecular complexity index is 558. The molecule has 21 heavy (non-hydrogen) atoms. The van der Waals surface area contributed by atoms with Gasteiger partial charge in [-0.2, -0.15) is 0 Å². The molecule has 0 spiro atoms. The second-order valence-electron chi connectivity index (χ2n) is 5.21. The quantitative estimate of drug-likeness (QED) is 0.797. The molecule has 1 aromatic rings. The van der Waals surface area contributed by atoms with Crippen molar-refractivity contribution in [3.05, 3.63) is 30.1 Å². The molecule has 7 heteroatoms. The van der Waals surface area contributed by atoms with Gasteiger partial charge in [0.1, 0.15) is 11.9 Å². The Morgan fingerprint density at radius 3 is 2.52 bits per heavy atom. The molecule has 1 aromatic carbocycles. The smallest absolute Gasteiger partial charge is 0.242 e. The van der Waals surface area contributed by atoms with E-state index in [0.29, 0.717) is 31.9 Å². The van der Waals surface area contributed by atoms with Crippen LogP contribution in [-0.4, -0.2) is 48.9 Å². The molecule has 6 nitrogen and oxygen atoms in total. The van der Waals surface area contributed by atoms with E-state index in [1.165, 1.54) is 6.07 Å². The Morgan fingerprint density at radius 1 is 1.19 bits per heavy atom. The molecule has 2 aliphatic rings. The Hall–Kier alpha value is -2.15. The number of para-hydroxylation sites is 1. The summed E-state index contributed by atoms with van der Waals surface area (Å²) < 4.78 is 13.7. The number of amides is 2. The van der Waals surface area contributed by atoms with Crippen LogP contribution in [0.1, 0.15) is 6.42 Å². The van der Waals surface area contributed by atoms with Gasteiger partial charge < -0.3 is 9.80 Å². The highest BCUT2D eigenvalue weighted by Crippen LogP contribution is 2.20. The molecule has 0 aromatic heterocycles. The summed E-state index contributed by atoms with van der Waals surface area (Å²) in [5.41, 5.74) is 5.70. The van der Waals surface area contributed by atoms with Crippen LogP contribution in [0.15, 0.2) is 24.3 Å². The predicted octanol–water partition coefficient (Wildman–Crippen LogP) is -0.133. The third-order valence-corrected chi connectivity index (χ3v) is 3.86. The first-order valence-electron chi connectivity index (χ1n) is 6.98. The fraction of sp³-hybridized carbons (Fsp3) is 0.429. The van der Waals surface area contributed by atoms with Gasteiger partial charge in [-0.3, -0.25) is 15.0 Å². The number of hydrazine groups is 1. The molecule has 2 aliphatic heterocycles. The van der Waals surface area contributed by atoms with E-state index in [-0.39, 0.29) is 24.1 Å². The van der Waals surface area contributed by atoms with Crippen molar-refractivity contribution < 1.29 is 14.0 Å². The monoisotopic (exact) mass is 292 g/mol. The Labute approximate surface area is 121 Å². The van der Waals surface area contributed by atoms with E-state index >= 15 is 0 Å². The summed E-state index contributed by atoms with van der Waals surface area (Å²) in [6.07, 6.45) is 0.173. The number of nitrogens with zero attached hydrogens (tertiary/aromatic N) is 2. The van der Waals surface area contributed by atoms with E-state index in [4.69, 9.17) is 0 Å². The summed E-state index contributed by atoms with van der Waals surface area (Å²) in [5.74, 6) is -0.496. The number of carbonyl (C=O) groups is 2. The molecule has 1 unspecified atom stereocenters. The van der Waals surface area contributed by atoms with Gasteiger partial charge in [0.25, 0.3) is 0 Å². The average Bonchev–Trinajstić information content (AvgIpc) is 2.94. The van der Waals surface area contributed by atoms with Crippen molar-refractivity contribution in [2.45, 2.75) is 12.5 Å². The Balaban J connectivity index is 1.59. The van der Waals surface area contributed by atoms with Crippen LogP contribution >= 0.6 is 0 Å². The van der Waals surface area contributed by atoms with Crippen molar-refractivity contribution in [2.24, 2.45) is 0 Å². The molecule has 0 bridgehead atoms. The molecule has 2 fully saturated rings. The maximum Gasteiger partial charge on any atom is 0.242 e. The summed E-state index contributed by atoms with van der Waals surface area (Å²) in [5, 5.41) is 0. The van der Waals surface area contributed by atoms with Gasteiger partial charge >= 0.3 is 0 Å². The van der Waals surface area contributed by atoms with Crippen molar-refractivity contribution in [3.8, 4) is 0 Å². The molecule has 1 atom stereocenters. The SMILES string of the molecule is O=C1CC(C(=O)N2CCN(c3ccccc3F)CC2)NN1. The second kappa shape index (κ2) is 5.69. The van der Waals surface area contributed by atoms with Gasteiger partial charge in [-0.1, -0.05) is 12.1 Å². The summed E-state index contributed by atoms with van der Waals surface area (Å²) in [4.78, 5) is 27.0. The zero-order chi connectivity index (χ0) is 14.8. The minimum atomic E-state index is -0.488. The second-order valence-corrected chi connectivity index (χ2v) is 5.21. The molecule has 0 aliphatic carbocycles. The van der Waals surface area contributed by atoms with Gasteiger partial charge in [-0.25, -0.2) is 9.82 Å². The predicted molar refractivity (Wildman–Crippen MR) is 74.9 cm³/mol. The Kier molecular flexibility index (Phi) is 3.74. The standard InChI is InChI=1S/C14H17FN4O2/c15-10-3-1-2-4-12(10)18-5-7-19(8-6-18)14(21)11-9-13(20)17-16-11/h1-4,11,16H,5-9H2,(H,17,20). The molecule has 0 saturated carbocycles. The first kappa shape index (κ1) is 13.8. The summed E-state index contributed by atoms with van der Waals surface area (Å²) in [6, 6.07) is 6.16. The van der Waals surface area contributed by atoms with E-state index in [0.717, 1.165) is 0 Å². The number of hydrogen-bond acceptors (Lipinski definition) is 4. The maximum absolute atomic E-state index is 13.7. The molecule has 3 rings (SSSR count). The lowest BCUT2D eigenvalue weighted by atomic mass is 10.1. The van der Waals surface area contributed by atoms with Crippen molar-refractivity contribution in [3.63, 3.8) is 0 Å². The van der Waals surface area contributed by atoms with Crippen molar-refractivity contribution in [2.75, 3.05) is 31.1 Å². The van der Waals surface area contributed by atoms with E-state index in [9.17, 15) is 14.0 Å². The molecule has 112 valence electrons. The summed E-state index contributed by atoms with van der Waals surface area (Å²) in [6.45, 7) is 2.22. The fourth-order valence-corrected chi connectivity index (χ4v) is 2.70. The van der Waals surface area contributed by atoms with Gasteiger partial charge in [0.05, 0.1) is 12.1 Å². The van der Waals surface area contributed by atoms with E-state index < -0.39 is 6.04 Å². The lowest BCUT2D eigenvalue weighted by Crippen LogP contribution is -2.53. The first-order valence-corrected chi connectivity index (χ1v) is 6.98. The zero-order valence-electron chi connectivity index (χ0n) is 11.5. The minimum Gasteiger partial charge on any atom is -0.366 e. The van der Waals surface area contributed by atoms with Crippen LogP contribution in [0.4, 0.5) is 10.1 Å². The summed E-state index contributed by atoms with van der Waals surface area (Å²) in [7, 11) is 0. The number of hydrogen-bond donors (Lipinski definition) is 2. The fourth-order valence-electron chi connectivity index (χ4n) is 2.70. The molecule has 2 saturated heterocycles. The van der Waals surface area contributed by atoms with Crippen LogP contribution in [0.25, 0.3) is 0 Å². The van der Waals surface area contributed by atoms with E-state index in [2.05, 4.69) is 10.9 Å². The third kappa shape index (κ3) is 2.82. The maximum atomic E-state index is 13.7. The largest absolute Gasteiger partial charge is 0.366 e. The topological polar surface area (TPSA) is 64.7 Å². The van der Waals surface area contributed by atoms with Crippen LogP contribution in [0.5, 0.6) is 0 Å². The number of benzene rings is 1. The molecule has 2 heterocycles. The van der Waals surface area contributed by atoms with Crippen LogP contribution < -0.4 is 15.8 Å². The lowest BCUT2D eigenvalue weighted by molar-refractivity contribution is -0.134.